The van der Waals surface area contributed by atoms with E-state index in [9.17, 15) is 4.79 Å². The summed E-state index contributed by atoms with van der Waals surface area (Å²) in [5.74, 6) is 1.82. The van der Waals surface area contributed by atoms with Crippen molar-refractivity contribution in [3.63, 3.8) is 0 Å². The van der Waals surface area contributed by atoms with Gasteiger partial charge in [-0.1, -0.05) is 20.8 Å². The first-order valence-corrected chi connectivity index (χ1v) is 6.49. The Morgan fingerprint density at radius 1 is 1.00 bits per heavy atom. The molecule has 0 radical (unpaired) electrons. The van der Waals surface area contributed by atoms with Gasteiger partial charge >= 0.3 is 5.63 Å². The predicted octanol–water partition coefficient (Wildman–Crippen LogP) is 3.42. The van der Waals surface area contributed by atoms with Crippen molar-refractivity contribution in [2.75, 3.05) is 14.2 Å². The Bertz CT molecular complexity index is 705. The number of fused-ring (bicyclic) bond motifs is 1. The topological polar surface area (TPSA) is 48.7 Å². The van der Waals surface area contributed by atoms with Crippen LogP contribution >= 0.6 is 0 Å². The fourth-order valence-electron chi connectivity index (χ4n) is 2.42. The minimum atomic E-state index is -0.350. The van der Waals surface area contributed by atoms with Crippen molar-refractivity contribution >= 4 is 10.8 Å². The highest BCUT2D eigenvalue weighted by Gasteiger charge is 2.23. The molecule has 0 fully saturated rings. The molecule has 1 heterocycles. The van der Waals surface area contributed by atoms with Crippen molar-refractivity contribution in [1.29, 1.82) is 0 Å². The van der Waals surface area contributed by atoms with Gasteiger partial charge in [0.15, 0.2) is 11.5 Å². The molecule has 4 heteroatoms. The van der Waals surface area contributed by atoms with Gasteiger partial charge in [0.25, 0.3) is 0 Å². The van der Waals surface area contributed by atoms with Crippen LogP contribution in [-0.4, -0.2) is 14.2 Å². The van der Waals surface area contributed by atoms with Crippen LogP contribution in [0.5, 0.6) is 11.5 Å². The molecular formula is C16H20O4. The monoisotopic (exact) mass is 276 g/mol. The fourth-order valence-corrected chi connectivity index (χ4v) is 2.42. The van der Waals surface area contributed by atoms with E-state index in [2.05, 4.69) is 0 Å². The molecule has 0 saturated carbocycles. The zero-order chi connectivity index (χ0) is 15.1. The summed E-state index contributed by atoms with van der Waals surface area (Å²) in [6, 6.07) is 3.50. The summed E-state index contributed by atoms with van der Waals surface area (Å²) in [6.45, 7) is 8.01. The van der Waals surface area contributed by atoms with Gasteiger partial charge in [-0.05, 0) is 30.0 Å². The molecule has 108 valence electrons. The number of aryl methyl sites for hydroxylation is 1. The van der Waals surface area contributed by atoms with Gasteiger partial charge in [0, 0.05) is 5.41 Å². The number of ether oxygens (including phenoxy) is 2. The van der Waals surface area contributed by atoms with E-state index in [1.165, 1.54) is 0 Å². The van der Waals surface area contributed by atoms with Crippen molar-refractivity contribution in [1.82, 2.24) is 0 Å². The molecule has 0 aliphatic carbocycles. The maximum atomic E-state index is 12.2. The van der Waals surface area contributed by atoms with E-state index in [1.54, 1.807) is 20.3 Å². The average Bonchev–Trinajstić information content (AvgIpc) is 2.40. The first-order valence-electron chi connectivity index (χ1n) is 6.49. The third-order valence-electron chi connectivity index (χ3n) is 3.36. The predicted molar refractivity (Wildman–Crippen MR) is 79.0 cm³/mol. The summed E-state index contributed by atoms with van der Waals surface area (Å²) in [5, 5.41) is 1.34. The summed E-state index contributed by atoms with van der Waals surface area (Å²) in [5.41, 5.74) is 0.370. The number of methoxy groups -OCH3 is 2. The Labute approximate surface area is 118 Å². The highest BCUT2D eigenvalue weighted by atomic mass is 16.5. The molecule has 0 aliphatic rings. The Morgan fingerprint density at radius 3 is 1.95 bits per heavy atom. The molecule has 2 aromatic rings. The Kier molecular flexibility index (Phi) is 3.50. The lowest BCUT2D eigenvalue weighted by molar-refractivity contribution is 0.354. The average molecular weight is 276 g/mol. The fraction of sp³-hybridized carbons (Fsp3) is 0.438. The minimum Gasteiger partial charge on any atom is -0.493 e. The molecule has 0 spiro atoms. The van der Waals surface area contributed by atoms with Crippen molar-refractivity contribution in [3.05, 3.63) is 33.9 Å². The first-order chi connectivity index (χ1) is 9.29. The van der Waals surface area contributed by atoms with Gasteiger partial charge < -0.3 is 13.9 Å². The van der Waals surface area contributed by atoms with E-state index >= 15 is 0 Å². The molecule has 0 N–H and O–H groups in total. The molecule has 1 aromatic heterocycles. The van der Waals surface area contributed by atoms with Crippen molar-refractivity contribution in [3.8, 4) is 11.5 Å². The molecule has 0 saturated heterocycles. The van der Waals surface area contributed by atoms with Crippen LogP contribution in [0.1, 0.15) is 32.1 Å². The maximum absolute atomic E-state index is 12.2. The number of rotatable bonds is 2. The lowest BCUT2D eigenvalue weighted by atomic mass is 9.88. The van der Waals surface area contributed by atoms with Crippen LogP contribution in [0.25, 0.3) is 10.8 Å². The highest BCUT2D eigenvalue weighted by Crippen LogP contribution is 2.35. The van der Waals surface area contributed by atoms with Gasteiger partial charge in [-0.3, -0.25) is 0 Å². The van der Waals surface area contributed by atoms with Crippen molar-refractivity contribution < 1.29 is 13.9 Å². The van der Waals surface area contributed by atoms with Gasteiger partial charge in [0.2, 0.25) is 0 Å². The molecule has 20 heavy (non-hydrogen) atoms. The summed E-state index contributed by atoms with van der Waals surface area (Å²) < 4.78 is 16.0. The van der Waals surface area contributed by atoms with E-state index in [4.69, 9.17) is 13.9 Å². The van der Waals surface area contributed by atoms with E-state index in [1.807, 2.05) is 33.8 Å². The van der Waals surface area contributed by atoms with Crippen molar-refractivity contribution in [2.45, 2.75) is 33.1 Å². The quantitative estimate of drug-likeness (QED) is 0.843. The molecule has 4 nitrogen and oxygen atoms in total. The SMILES string of the molecule is COc1cc2c(C)c(C(C)(C)C)oc(=O)c2cc1OC. The van der Waals surface area contributed by atoms with Gasteiger partial charge in [-0.2, -0.15) is 0 Å². The summed E-state index contributed by atoms with van der Waals surface area (Å²) in [6.07, 6.45) is 0. The van der Waals surface area contributed by atoms with Crippen LogP contribution in [0.4, 0.5) is 0 Å². The standard InChI is InChI=1S/C16H20O4/c1-9-10-7-12(18-5)13(19-6)8-11(10)15(17)20-14(9)16(2,3)4/h7-8H,1-6H3. The Morgan fingerprint density at radius 2 is 1.50 bits per heavy atom. The van der Waals surface area contributed by atoms with Crippen LogP contribution in [-0.2, 0) is 5.41 Å². The smallest absolute Gasteiger partial charge is 0.344 e. The number of hydrogen-bond acceptors (Lipinski definition) is 4. The largest absolute Gasteiger partial charge is 0.493 e. The molecule has 0 unspecified atom stereocenters. The van der Waals surface area contributed by atoms with E-state index in [-0.39, 0.29) is 11.0 Å². The summed E-state index contributed by atoms with van der Waals surface area (Å²) >= 11 is 0. The van der Waals surface area contributed by atoms with Gasteiger partial charge in [-0.15, -0.1) is 0 Å². The second kappa shape index (κ2) is 4.85. The molecule has 0 atom stereocenters. The molecule has 0 aliphatic heterocycles. The summed E-state index contributed by atoms with van der Waals surface area (Å²) in [7, 11) is 3.12. The number of benzene rings is 1. The van der Waals surface area contributed by atoms with Crippen LogP contribution in [0.3, 0.4) is 0 Å². The molecule has 0 amide bonds. The van der Waals surface area contributed by atoms with Gasteiger partial charge in [0.1, 0.15) is 5.76 Å². The maximum Gasteiger partial charge on any atom is 0.344 e. The Balaban J connectivity index is 2.90. The van der Waals surface area contributed by atoms with Crippen LogP contribution in [0.2, 0.25) is 0 Å². The number of hydrogen-bond donors (Lipinski definition) is 0. The lowest BCUT2D eigenvalue weighted by Crippen LogP contribution is -2.17. The summed E-state index contributed by atoms with van der Waals surface area (Å²) in [4.78, 5) is 12.2. The van der Waals surface area contributed by atoms with E-state index < -0.39 is 0 Å². The highest BCUT2D eigenvalue weighted by molar-refractivity contribution is 5.88. The molecular weight excluding hydrogens is 256 g/mol. The second-order valence-electron chi connectivity index (χ2n) is 5.85. The van der Waals surface area contributed by atoms with E-state index in [0.29, 0.717) is 22.6 Å². The van der Waals surface area contributed by atoms with Gasteiger partial charge in [-0.25, -0.2) is 4.79 Å². The van der Waals surface area contributed by atoms with Crippen LogP contribution in [0, 0.1) is 6.92 Å². The lowest BCUT2D eigenvalue weighted by Gasteiger charge is -2.20. The van der Waals surface area contributed by atoms with Crippen molar-refractivity contribution in [2.24, 2.45) is 0 Å². The van der Waals surface area contributed by atoms with Crippen LogP contribution < -0.4 is 15.1 Å². The normalized spacial score (nSPS) is 11.7. The third kappa shape index (κ3) is 2.26. The Hall–Kier alpha value is -1.97. The minimum absolute atomic E-state index is 0.232. The molecule has 0 bridgehead atoms. The van der Waals surface area contributed by atoms with Gasteiger partial charge in [0.05, 0.1) is 19.6 Å². The zero-order valence-electron chi connectivity index (χ0n) is 12.8. The second-order valence-corrected chi connectivity index (χ2v) is 5.85. The van der Waals surface area contributed by atoms with Crippen LogP contribution in [0.15, 0.2) is 21.3 Å². The third-order valence-corrected chi connectivity index (χ3v) is 3.36. The zero-order valence-corrected chi connectivity index (χ0v) is 12.8. The van der Waals surface area contributed by atoms with E-state index in [0.717, 1.165) is 10.9 Å². The first kappa shape index (κ1) is 14.4. The molecule has 2 rings (SSSR count). The molecule has 1 aromatic carbocycles.